The van der Waals surface area contributed by atoms with E-state index in [0.29, 0.717) is 6.04 Å². The Morgan fingerprint density at radius 3 is 2.78 bits per heavy atom. The zero-order valence-corrected chi connectivity index (χ0v) is 12.2. The van der Waals surface area contributed by atoms with Crippen LogP contribution in [0.4, 0.5) is 5.69 Å². The van der Waals surface area contributed by atoms with E-state index in [4.69, 9.17) is 0 Å². The van der Waals surface area contributed by atoms with Crippen molar-refractivity contribution in [3.63, 3.8) is 0 Å². The van der Waals surface area contributed by atoms with E-state index in [0.717, 1.165) is 25.4 Å². The topological polar surface area (TPSA) is 15.3 Å². The lowest BCUT2D eigenvalue weighted by molar-refractivity contribution is 0.502. The summed E-state index contributed by atoms with van der Waals surface area (Å²) in [4.78, 5) is 2.45. The van der Waals surface area contributed by atoms with Gasteiger partial charge in [0.05, 0.1) is 0 Å². The maximum atomic E-state index is 3.49. The highest BCUT2D eigenvalue weighted by molar-refractivity contribution is 5.57. The standard InChI is InChI=1S/C16H26N2/c1-12(2)10-13(3)18(4)16-7-5-6-14-8-9-17-11-15(14)16/h5-7,12-13,17H,8-11H2,1-4H3. The van der Waals surface area contributed by atoms with Crippen LogP contribution in [0.1, 0.15) is 38.3 Å². The van der Waals surface area contributed by atoms with E-state index in [9.17, 15) is 0 Å². The Labute approximate surface area is 111 Å². The summed E-state index contributed by atoms with van der Waals surface area (Å²) < 4.78 is 0. The lowest BCUT2D eigenvalue weighted by Gasteiger charge is -2.32. The first kappa shape index (κ1) is 13.4. The summed E-state index contributed by atoms with van der Waals surface area (Å²) in [5.74, 6) is 0.750. The third kappa shape index (κ3) is 2.86. The van der Waals surface area contributed by atoms with Crippen molar-refractivity contribution >= 4 is 5.69 Å². The van der Waals surface area contributed by atoms with Crippen molar-refractivity contribution in [3.05, 3.63) is 29.3 Å². The molecule has 1 unspecified atom stereocenters. The van der Waals surface area contributed by atoms with E-state index in [2.05, 4.69) is 56.2 Å². The maximum Gasteiger partial charge on any atom is 0.0414 e. The Balaban J connectivity index is 2.22. The monoisotopic (exact) mass is 246 g/mol. The van der Waals surface area contributed by atoms with E-state index < -0.39 is 0 Å². The van der Waals surface area contributed by atoms with Gasteiger partial charge in [-0.1, -0.05) is 26.0 Å². The molecule has 1 atom stereocenters. The third-order valence-electron chi connectivity index (χ3n) is 3.97. The van der Waals surface area contributed by atoms with Gasteiger partial charge in [-0.05, 0) is 49.4 Å². The molecular weight excluding hydrogens is 220 g/mol. The zero-order valence-electron chi connectivity index (χ0n) is 12.2. The highest BCUT2D eigenvalue weighted by Gasteiger charge is 2.18. The molecule has 2 rings (SSSR count). The van der Waals surface area contributed by atoms with Gasteiger partial charge in [0, 0.05) is 25.3 Å². The second-order valence-corrected chi connectivity index (χ2v) is 5.93. The number of rotatable bonds is 4. The third-order valence-corrected chi connectivity index (χ3v) is 3.97. The van der Waals surface area contributed by atoms with Gasteiger partial charge in [0.25, 0.3) is 0 Å². The van der Waals surface area contributed by atoms with Crippen molar-refractivity contribution in [2.45, 2.75) is 46.2 Å². The molecular formula is C16H26N2. The number of hydrogen-bond acceptors (Lipinski definition) is 2. The number of benzene rings is 1. The van der Waals surface area contributed by atoms with E-state index in [1.54, 1.807) is 0 Å². The van der Waals surface area contributed by atoms with Crippen molar-refractivity contribution < 1.29 is 0 Å². The Bertz CT molecular complexity index is 398. The Hall–Kier alpha value is -1.02. The summed E-state index contributed by atoms with van der Waals surface area (Å²) in [5.41, 5.74) is 4.43. The van der Waals surface area contributed by atoms with Gasteiger partial charge in [0.1, 0.15) is 0 Å². The number of fused-ring (bicyclic) bond motifs is 1. The molecule has 0 aliphatic carbocycles. The van der Waals surface area contributed by atoms with Crippen LogP contribution in [0.25, 0.3) is 0 Å². The van der Waals surface area contributed by atoms with Crippen molar-refractivity contribution in [3.8, 4) is 0 Å². The molecule has 2 heteroatoms. The minimum absolute atomic E-state index is 0.596. The van der Waals surface area contributed by atoms with Gasteiger partial charge < -0.3 is 10.2 Å². The fraction of sp³-hybridized carbons (Fsp3) is 0.625. The van der Waals surface area contributed by atoms with Crippen LogP contribution in [0.3, 0.4) is 0 Å². The van der Waals surface area contributed by atoms with E-state index in [1.807, 2.05) is 0 Å². The average Bonchev–Trinajstić information content (AvgIpc) is 2.36. The quantitative estimate of drug-likeness (QED) is 0.877. The normalized spacial score (nSPS) is 16.5. The molecule has 0 spiro atoms. The first-order valence-electron chi connectivity index (χ1n) is 7.14. The molecule has 2 nitrogen and oxygen atoms in total. The zero-order chi connectivity index (χ0) is 13.1. The van der Waals surface area contributed by atoms with Gasteiger partial charge >= 0.3 is 0 Å². The number of anilines is 1. The van der Waals surface area contributed by atoms with Crippen molar-refractivity contribution in [1.29, 1.82) is 0 Å². The van der Waals surface area contributed by atoms with Gasteiger partial charge in [0.15, 0.2) is 0 Å². The molecule has 0 radical (unpaired) electrons. The van der Waals surface area contributed by atoms with Crippen LogP contribution in [0.2, 0.25) is 0 Å². The van der Waals surface area contributed by atoms with Crippen LogP contribution >= 0.6 is 0 Å². The molecule has 0 aromatic heterocycles. The molecule has 1 aliphatic heterocycles. The van der Waals surface area contributed by atoms with Gasteiger partial charge in [-0.2, -0.15) is 0 Å². The lowest BCUT2D eigenvalue weighted by Crippen LogP contribution is -2.33. The molecule has 1 N–H and O–H groups in total. The summed E-state index contributed by atoms with van der Waals surface area (Å²) in [6.45, 7) is 9.06. The number of nitrogens with one attached hydrogen (secondary N) is 1. The molecule has 1 aromatic rings. The molecule has 100 valence electrons. The van der Waals surface area contributed by atoms with Crippen molar-refractivity contribution in [2.75, 3.05) is 18.5 Å². The van der Waals surface area contributed by atoms with Crippen LogP contribution < -0.4 is 10.2 Å². The molecule has 1 aliphatic rings. The van der Waals surface area contributed by atoms with E-state index in [-0.39, 0.29) is 0 Å². The maximum absolute atomic E-state index is 3.49. The highest BCUT2D eigenvalue weighted by Crippen LogP contribution is 2.28. The fourth-order valence-corrected chi connectivity index (χ4v) is 2.90. The molecule has 0 saturated carbocycles. The van der Waals surface area contributed by atoms with Crippen LogP contribution in [-0.4, -0.2) is 19.6 Å². The van der Waals surface area contributed by atoms with Crippen LogP contribution in [0.15, 0.2) is 18.2 Å². The fourth-order valence-electron chi connectivity index (χ4n) is 2.90. The van der Waals surface area contributed by atoms with Gasteiger partial charge in [0.2, 0.25) is 0 Å². The molecule has 0 fully saturated rings. The average molecular weight is 246 g/mol. The van der Waals surface area contributed by atoms with Crippen molar-refractivity contribution in [2.24, 2.45) is 5.92 Å². The summed E-state index contributed by atoms with van der Waals surface area (Å²) >= 11 is 0. The molecule has 1 heterocycles. The molecule has 0 bridgehead atoms. The first-order valence-corrected chi connectivity index (χ1v) is 7.14. The van der Waals surface area contributed by atoms with Crippen LogP contribution in [-0.2, 0) is 13.0 Å². The van der Waals surface area contributed by atoms with Gasteiger partial charge in [-0.3, -0.25) is 0 Å². The molecule has 0 amide bonds. The molecule has 1 aromatic carbocycles. The Kier molecular flexibility index (Phi) is 4.28. The highest BCUT2D eigenvalue weighted by atomic mass is 15.1. The van der Waals surface area contributed by atoms with Crippen molar-refractivity contribution in [1.82, 2.24) is 5.32 Å². The predicted octanol–water partition coefficient (Wildman–Crippen LogP) is 3.20. The number of hydrogen-bond donors (Lipinski definition) is 1. The largest absolute Gasteiger partial charge is 0.372 e. The second kappa shape index (κ2) is 5.75. The summed E-state index contributed by atoms with van der Waals surface area (Å²) in [7, 11) is 2.23. The first-order chi connectivity index (χ1) is 8.59. The minimum Gasteiger partial charge on any atom is -0.372 e. The van der Waals surface area contributed by atoms with Crippen LogP contribution in [0, 0.1) is 5.92 Å². The minimum atomic E-state index is 0.596. The van der Waals surface area contributed by atoms with Gasteiger partial charge in [-0.15, -0.1) is 0 Å². The summed E-state index contributed by atoms with van der Waals surface area (Å²) in [6, 6.07) is 7.35. The van der Waals surface area contributed by atoms with Gasteiger partial charge in [-0.25, -0.2) is 0 Å². The molecule has 0 saturated heterocycles. The smallest absolute Gasteiger partial charge is 0.0414 e. The second-order valence-electron chi connectivity index (χ2n) is 5.93. The number of nitrogens with zero attached hydrogens (tertiary/aromatic N) is 1. The van der Waals surface area contributed by atoms with Crippen LogP contribution in [0.5, 0.6) is 0 Å². The molecule has 18 heavy (non-hydrogen) atoms. The summed E-state index contributed by atoms with van der Waals surface area (Å²) in [6.07, 6.45) is 2.41. The van der Waals surface area contributed by atoms with E-state index in [1.165, 1.54) is 23.2 Å². The predicted molar refractivity (Wildman–Crippen MR) is 79.2 cm³/mol. The lowest BCUT2D eigenvalue weighted by atomic mass is 9.97. The Morgan fingerprint density at radius 1 is 1.28 bits per heavy atom. The SMILES string of the molecule is CC(C)CC(C)N(C)c1cccc2c1CNCC2. The summed E-state index contributed by atoms with van der Waals surface area (Å²) in [5, 5.41) is 3.49. The van der Waals surface area contributed by atoms with E-state index >= 15 is 0 Å². The Morgan fingerprint density at radius 2 is 2.06 bits per heavy atom.